The Balaban J connectivity index is 0.794. The number of pyridine rings is 2. The van der Waals surface area contributed by atoms with Crippen LogP contribution in [0.25, 0.3) is 27.4 Å². The van der Waals surface area contributed by atoms with Gasteiger partial charge >= 0.3 is 0 Å². The van der Waals surface area contributed by atoms with E-state index in [1.54, 1.807) is 30.6 Å². The molecule has 9 rings (SSSR count). The molecule has 2 atom stereocenters. The van der Waals surface area contributed by atoms with Crippen LogP contribution in [-0.4, -0.2) is 128 Å². The van der Waals surface area contributed by atoms with Gasteiger partial charge in [-0.2, -0.15) is 5.26 Å². The van der Waals surface area contributed by atoms with E-state index in [4.69, 9.17) is 4.98 Å². The van der Waals surface area contributed by atoms with E-state index in [-0.39, 0.29) is 35.8 Å². The zero-order chi connectivity index (χ0) is 39.4. The molecule has 1 aromatic carbocycles. The van der Waals surface area contributed by atoms with E-state index in [1.807, 2.05) is 40.9 Å². The zero-order valence-electron chi connectivity index (χ0n) is 30.8. The second-order valence-corrected chi connectivity index (χ2v) is 15.5. The number of nitrogens with one attached hydrogen (secondary N) is 2. The van der Waals surface area contributed by atoms with Gasteiger partial charge in [0.25, 0.3) is 11.8 Å². The predicted molar refractivity (Wildman–Crippen MR) is 208 cm³/mol. The number of imide groups is 2. The van der Waals surface area contributed by atoms with Crippen molar-refractivity contribution in [3.05, 3.63) is 76.7 Å². The Bertz CT molecular complexity index is 2540. The lowest BCUT2D eigenvalue weighted by molar-refractivity contribution is -0.136. The number of likely N-dealkylation sites (tertiary alicyclic amines) is 1. The highest BCUT2D eigenvalue weighted by Gasteiger charge is 2.45. The van der Waals surface area contributed by atoms with Crippen molar-refractivity contribution < 1.29 is 24.0 Å². The molecule has 2 unspecified atom stereocenters. The van der Waals surface area contributed by atoms with Gasteiger partial charge in [-0.1, -0.05) is 11.3 Å². The number of piperidine rings is 1. The molecule has 4 aliphatic rings. The summed E-state index contributed by atoms with van der Waals surface area (Å²) in [6.07, 6.45) is 6.17. The van der Waals surface area contributed by atoms with E-state index in [0.717, 1.165) is 43.7 Å². The molecule has 0 saturated carbocycles. The van der Waals surface area contributed by atoms with Crippen LogP contribution in [0.4, 0.5) is 11.4 Å². The fourth-order valence-electron chi connectivity index (χ4n) is 8.03. The Kier molecular flexibility index (Phi) is 9.17. The first-order valence-corrected chi connectivity index (χ1v) is 19.5. The number of carbonyl (C=O) groups is 5. The highest BCUT2D eigenvalue weighted by atomic mass is 32.1. The summed E-state index contributed by atoms with van der Waals surface area (Å²) < 4.78 is 1.87. The van der Waals surface area contributed by atoms with Gasteiger partial charge in [0.05, 0.1) is 28.8 Å². The Morgan fingerprint density at radius 3 is 2.56 bits per heavy atom. The first-order valence-electron chi connectivity index (χ1n) is 18.7. The summed E-state index contributed by atoms with van der Waals surface area (Å²) in [5, 5.41) is 26.2. The van der Waals surface area contributed by atoms with Crippen LogP contribution in [0, 0.1) is 11.3 Å². The number of amides is 5. The van der Waals surface area contributed by atoms with Crippen molar-refractivity contribution in [2.45, 2.75) is 31.2 Å². The predicted octanol–water partition coefficient (Wildman–Crippen LogP) is 2.39. The third-order valence-electron chi connectivity index (χ3n) is 11.1. The number of rotatable bonds is 8. The van der Waals surface area contributed by atoms with E-state index in [1.165, 1.54) is 11.3 Å². The highest BCUT2D eigenvalue weighted by molar-refractivity contribution is 7.14. The van der Waals surface area contributed by atoms with Crippen LogP contribution in [0.15, 0.2) is 55.0 Å². The maximum Gasteiger partial charge on any atom is 0.262 e. The van der Waals surface area contributed by atoms with Crippen molar-refractivity contribution in [1.82, 2.24) is 44.7 Å². The van der Waals surface area contributed by atoms with Crippen LogP contribution in [-0.2, 0) is 14.4 Å². The first kappa shape index (κ1) is 36.1. The Morgan fingerprint density at radius 1 is 0.947 bits per heavy atom. The smallest absolute Gasteiger partial charge is 0.262 e. The summed E-state index contributed by atoms with van der Waals surface area (Å²) in [7, 11) is 1.84. The Hall–Kier alpha value is -6.58. The third-order valence-corrected chi connectivity index (χ3v) is 12.3. The molecule has 4 aromatic heterocycles. The van der Waals surface area contributed by atoms with Crippen molar-refractivity contribution in [2.75, 3.05) is 63.1 Å². The van der Waals surface area contributed by atoms with Crippen molar-refractivity contribution in [3.8, 4) is 22.5 Å². The van der Waals surface area contributed by atoms with Crippen LogP contribution in [0.2, 0.25) is 0 Å². The quantitative estimate of drug-likeness (QED) is 0.218. The van der Waals surface area contributed by atoms with Gasteiger partial charge in [0.1, 0.15) is 28.6 Å². The molecule has 0 spiro atoms. The molecule has 4 aliphatic heterocycles. The lowest BCUT2D eigenvalue weighted by Gasteiger charge is -2.36. The van der Waals surface area contributed by atoms with Crippen LogP contribution < -0.4 is 15.5 Å². The zero-order valence-corrected chi connectivity index (χ0v) is 31.7. The minimum atomic E-state index is -1.01. The summed E-state index contributed by atoms with van der Waals surface area (Å²) >= 11 is 1.51. The van der Waals surface area contributed by atoms with E-state index >= 15 is 0 Å². The van der Waals surface area contributed by atoms with Crippen molar-refractivity contribution in [1.29, 1.82) is 5.26 Å². The number of nitrogens with zero attached hydrogens (tertiary/aromatic N) is 10. The largest absolute Gasteiger partial charge is 0.387 e. The molecular formula is C39H36N12O5S. The lowest BCUT2D eigenvalue weighted by atomic mass is 10.0. The number of benzene rings is 1. The molecule has 18 heteroatoms. The van der Waals surface area contributed by atoms with Crippen molar-refractivity contribution in [2.24, 2.45) is 0 Å². The molecule has 17 nitrogen and oxygen atoms in total. The van der Waals surface area contributed by atoms with Crippen LogP contribution in [0.1, 0.15) is 56.5 Å². The summed E-state index contributed by atoms with van der Waals surface area (Å²) in [4.78, 5) is 80.3. The molecule has 3 fully saturated rings. The molecule has 5 aromatic rings. The number of piperazine rings is 1. The van der Waals surface area contributed by atoms with Crippen LogP contribution >= 0.6 is 11.3 Å². The van der Waals surface area contributed by atoms with Gasteiger partial charge < -0.3 is 15.1 Å². The van der Waals surface area contributed by atoms with Gasteiger partial charge in [-0.05, 0) is 43.2 Å². The van der Waals surface area contributed by atoms with E-state index < -0.39 is 29.7 Å². The highest BCUT2D eigenvalue weighted by Crippen LogP contribution is 2.37. The standard InChI is InChI=1S/C39H36N12O5S/c1-41-29-16-31(50-9-7-23-14-22(17-40)18-43-34(23)50)42-19-28(29)37-46-45-36(57-37)24-6-8-49(20-24)33(53)21-47-10-12-48(13-11-47)25-2-3-26-27(15-25)39(56)51(38(26)55)30-4-5-32(52)44-35(30)54/h2-3,7,9,14-16,18-19,24,30H,4-6,8,10-13,20-21H2,1H3,(H,41,42)(H,44,52,54). The molecule has 0 radical (unpaired) electrons. The summed E-state index contributed by atoms with van der Waals surface area (Å²) in [6.45, 7) is 4.08. The van der Waals surface area contributed by atoms with Gasteiger partial charge in [0.2, 0.25) is 17.7 Å². The van der Waals surface area contributed by atoms with Gasteiger partial charge in [0, 0.05) is 100 Å². The second-order valence-electron chi connectivity index (χ2n) is 14.5. The topological polar surface area (TPSA) is 203 Å². The minimum Gasteiger partial charge on any atom is -0.387 e. The maximum absolute atomic E-state index is 13.5. The number of nitriles is 1. The minimum absolute atomic E-state index is 0.0670. The number of carbonyl (C=O) groups excluding carboxylic acids is 5. The van der Waals surface area contributed by atoms with E-state index in [0.29, 0.717) is 62.8 Å². The maximum atomic E-state index is 13.5. The lowest BCUT2D eigenvalue weighted by Crippen LogP contribution is -2.54. The summed E-state index contributed by atoms with van der Waals surface area (Å²) in [5.41, 5.74) is 4.14. The summed E-state index contributed by atoms with van der Waals surface area (Å²) in [6, 6.07) is 11.9. The molecule has 57 heavy (non-hydrogen) atoms. The van der Waals surface area contributed by atoms with Crippen LogP contribution in [0.3, 0.4) is 0 Å². The Labute approximate surface area is 329 Å². The van der Waals surface area contributed by atoms with Gasteiger partial charge in [0.15, 0.2) is 5.01 Å². The second kappa shape index (κ2) is 14.5. The van der Waals surface area contributed by atoms with Gasteiger partial charge in [-0.3, -0.25) is 43.7 Å². The number of aromatic nitrogens is 5. The molecule has 2 N–H and O–H groups in total. The molecule has 3 saturated heterocycles. The van der Waals surface area contributed by atoms with Crippen LogP contribution in [0.5, 0.6) is 0 Å². The normalized spacial score (nSPS) is 20.0. The van der Waals surface area contributed by atoms with Crippen molar-refractivity contribution >= 4 is 63.3 Å². The monoisotopic (exact) mass is 784 g/mol. The number of hydrogen-bond acceptors (Lipinski definition) is 14. The third kappa shape index (κ3) is 6.53. The molecule has 0 aliphatic carbocycles. The molecule has 5 amide bonds. The van der Waals surface area contributed by atoms with E-state index in [9.17, 15) is 29.2 Å². The Morgan fingerprint density at radius 2 is 1.77 bits per heavy atom. The first-order chi connectivity index (χ1) is 27.7. The average molecular weight is 785 g/mol. The molecule has 8 heterocycles. The van der Waals surface area contributed by atoms with E-state index in [2.05, 4.69) is 41.7 Å². The fraction of sp³-hybridized carbons (Fsp3) is 0.333. The molecule has 0 bridgehead atoms. The fourth-order valence-corrected chi connectivity index (χ4v) is 9.02. The SMILES string of the molecule is CNc1cc(-n2ccc3cc(C#N)cnc32)ncc1-c1nnc(C2CCN(C(=O)CN3CCN(c4ccc5c(c4)C(=O)N(C4CCC(=O)NC4=O)C5=O)CC3)C2)s1. The molecule has 288 valence electrons. The van der Waals surface area contributed by atoms with Gasteiger partial charge in [-0.15, -0.1) is 10.2 Å². The molecular weight excluding hydrogens is 749 g/mol. The van der Waals surface area contributed by atoms with Gasteiger partial charge in [-0.25, -0.2) is 9.97 Å². The van der Waals surface area contributed by atoms with Crippen molar-refractivity contribution in [3.63, 3.8) is 0 Å². The number of hydrogen-bond donors (Lipinski definition) is 2. The number of fused-ring (bicyclic) bond motifs is 2. The summed E-state index contributed by atoms with van der Waals surface area (Å²) in [5.74, 6) is -1.29. The average Bonchev–Trinajstić information content (AvgIpc) is 4.05. The number of anilines is 2.